The van der Waals surface area contributed by atoms with Gasteiger partial charge in [-0.1, -0.05) is 18.3 Å². The maximum atomic E-state index is 3.89. The van der Waals surface area contributed by atoms with E-state index in [-0.39, 0.29) is 0 Å². The molecule has 3 nitrogen and oxygen atoms in total. The molecule has 0 aromatic carbocycles. The molecule has 1 aromatic heterocycles. The summed E-state index contributed by atoms with van der Waals surface area (Å²) in [5, 5.41) is 11.9. The fourth-order valence-electron chi connectivity index (χ4n) is 0.918. The Morgan fingerprint density at radius 2 is 2.60 bits per heavy atom. The number of nitrogens with zero attached hydrogens (tertiary/aromatic N) is 2. The van der Waals surface area contributed by atoms with E-state index in [2.05, 4.69) is 22.4 Å². The lowest BCUT2D eigenvalue weighted by Gasteiger charge is -1.95. The average Bonchev–Trinajstić information content (AvgIpc) is 2.48. The molecule has 2 rings (SSSR count). The molecule has 1 saturated carbocycles. The Morgan fingerprint density at radius 1 is 1.80 bits per heavy atom. The molecule has 0 saturated heterocycles. The fourth-order valence-corrected chi connectivity index (χ4v) is 1.43. The van der Waals surface area contributed by atoms with Crippen LogP contribution in [0.5, 0.6) is 0 Å². The van der Waals surface area contributed by atoms with Crippen molar-refractivity contribution in [2.24, 2.45) is 5.92 Å². The van der Waals surface area contributed by atoms with Gasteiger partial charge in [0.05, 0.1) is 0 Å². The summed E-state index contributed by atoms with van der Waals surface area (Å²) in [4.78, 5) is 0. The van der Waals surface area contributed by atoms with E-state index in [0.29, 0.717) is 6.04 Å². The highest BCUT2D eigenvalue weighted by atomic mass is 32.1. The van der Waals surface area contributed by atoms with Crippen molar-refractivity contribution in [3.63, 3.8) is 0 Å². The van der Waals surface area contributed by atoms with Crippen molar-refractivity contribution in [3.05, 3.63) is 5.51 Å². The molecule has 2 atom stereocenters. The molecule has 2 unspecified atom stereocenters. The third-order valence-corrected chi connectivity index (χ3v) is 2.40. The second kappa shape index (κ2) is 2.20. The molecule has 0 amide bonds. The number of aromatic nitrogens is 2. The van der Waals surface area contributed by atoms with Gasteiger partial charge in [0.1, 0.15) is 5.51 Å². The molecule has 0 radical (unpaired) electrons. The highest BCUT2D eigenvalue weighted by Gasteiger charge is 2.32. The molecule has 0 spiro atoms. The molecule has 0 bridgehead atoms. The Balaban J connectivity index is 1.93. The van der Waals surface area contributed by atoms with Gasteiger partial charge in [0.25, 0.3) is 0 Å². The topological polar surface area (TPSA) is 37.8 Å². The van der Waals surface area contributed by atoms with Gasteiger partial charge in [0.2, 0.25) is 5.13 Å². The van der Waals surface area contributed by atoms with E-state index in [1.54, 1.807) is 16.8 Å². The zero-order chi connectivity index (χ0) is 6.97. The Kier molecular flexibility index (Phi) is 1.34. The molecule has 1 aromatic rings. The van der Waals surface area contributed by atoms with Gasteiger partial charge in [-0.15, -0.1) is 10.2 Å². The number of hydrogen-bond donors (Lipinski definition) is 1. The van der Waals surface area contributed by atoms with Crippen LogP contribution in [0.25, 0.3) is 0 Å². The first-order chi connectivity index (χ1) is 4.86. The van der Waals surface area contributed by atoms with Crippen molar-refractivity contribution in [1.82, 2.24) is 10.2 Å². The van der Waals surface area contributed by atoms with Crippen LogP contribution in [-0.2, 0) is 0 Å². The van der Waals surface area contributed by atoms with Gasteiger partial charge in [0, 0.05) is 6.04 Å². The highest BCUT2D eigenvalue weighted by molar-refractivity contribution is 7.13. The Morgan fingerprint density at radius 3 is 3.10 bits per heavy atom. The molecule has 1 aliphatic carbocycles. The van der Waals surface area contributed by atoms with Crippen molar-refractivity contribution in [3.8, 4) is 0 Å². The van der Waals surface area contributed by atoms with Crippen LogP contribution in [0, 0.1) is 5.92 Å². The Labute approximate surface area is 63.5 Å². The van der Waals surface area contributed by atoms with Crippen molar-refractivity contribution in [2.45, 2.75) is 19.4 Å². The van der Waals surface area contributed by atoms with E-state index in [1.165, 1.54) is 6.42 Å². The molecule has 1 N–H and O–H groups in total. The lowest BCUT2D eigenvalue weighted by molar-refractivity contribution is 0.922. The van der Waals surface area contributed by atoms with Gasteiger partial charge in [0.15, 0.2) is 0 Å². The van der Waals surface area contributed by atoms with Gasteiger partial charge in [-0.05, 0) is 12.3 Å². The molecule has 54 valence electrons. The van der Waals surface area contributed by atoms with E-state index in [0.717, 1.165) is 11.0 Å². The lowest BCUT2D eigenvalue weighted by Crippen LogP contribution is -2.02. The number of rotatable bonds is 2. The first-order valence-corrected chi connectivity index (χ1v) is 4.27. The normalized spacial score (nSPS) is 30.1. The molecule has 1 aliphatic rings. The van der Waals surface area contributed by atoms with E-state index in [1.807, 2.05) is 0 Å². The second-order valence-electron chi connectivity index (χ2n) is 2.71. The molecule has 1 heterocycles. The van der Waals surface area contributed by atoms with Crippen LogP contribution in [0.2, 0.25) is 0 Å². The van der Waals surface area contributed by atoms with Crippen molar-refractivity contribution < 1.29 is 0 Å². The van der Waals surface area contributed by atoms with Crippen LogP contribution >= 0.6 is 11.3 Å². The summed E-state index contributed by atoms with van der Waals surface area (Å²) in [5.74, 6) is 0.823. The first kappa shape index (κ1) is 6.09. The largest absolute Gasteiger partial charge is 0.357 e. The summed E-state index contributed by atoms with van der Waals surface area (Å²) in [6, 6.07) is 0.660. The minimum atomic E-state index is 0.660. The van der Waals surface area contributed by atoms with E-state index in [4.69, 9.17) is 0 Å². The van der Waals surface area contributed by atoms with Crippen LogP contribution in [0.3, 0.4) is 0 Å². The Bertz CT molecular complexity index is 209. The molecular formula is C6H9N3S. The van der Waals surface area contributed by atoms with Crippen molar-refractivity contribution in [1.29, 1.82) is 0 Å². The summed E-state index contributed by atoms with van der Waals surface area (Å²) >= 11 is 1.56. The fraction of sp³-hybridized carbons (Fsp3) is 0.667. The third kappa shape index (κ3) is 1.11. The smallest absolute Gasteiger partial charge is 0.205 e. The van der Waals surface area contributed by atoms with Gasteiger partial charge in [-0.3, -0.25) is 0 Å². The van der Waals surface area contributed by atoms with Gasteiger partial charge in [-0.25, -0.2) is 0 Å². The molecule has 1 fully saturated rings. The summed E-state index contributed by atoms with van der Waals surface area (Å²) in [5.41, 5.74) is 1.75. The summed E-state index contributed by atoms with van der Waals surface area (Å²) in [6.07, 6.45) is 1.28. The summed E-state index contributed by atoms with van der Waals surface area (Å²) in [6.45, 7) is 2.23. The van der Waals surface area contributed by atoms with Crippen LogP contribution in [-0.4, -0.2) is 16.2 Å². The minimum absolute atomic E-state index is 0.660. The number of hydrogen-bond acceptors (Lipinski definition) is 4. The standard InChI is InChI=1S/C6H9N3S/c1-4-2-5(4)8-6-9-7-3-10-6/h3-5H,2H2,1H3,(H,8,9). The highest BCUT2D eigenvalue weighted by Crippen LogP contribution is 2.32. The maximum absolute atomic E-state index is 3.89. The number of nitrogens with one attached hydrogen (secondary N) is 1. The average molecular weight is 155 g/mol. The van der Waals surface area contributed by atoms with E-state index in [9.17, 15) is 0 Å². The lowest BCUT2D eigenvalue weighted by atomic mass is 10.5. The first-order valence-electron chi connectivity index (χ1n) is 3.39. The SMILES string of the molecule is CC1CC1Nc1nncs1. The van der Waals surface area contributed by atoms with Crippen molar-refractivity contribution in [2.75, 3.05) is 5.32 Å². The predicted molar refractivity (Wildman–Crippen MR) is 41.1 cm³/mol. The molecule has 10 heavy (non-hydrogen) atoms. The van der Waals surface area contributed by atoms with Crippen LogP contribution in [0.1, 0.15) is 13.3 Å². The van der Waals surface area contributed by atoms with Crippen LogP contribution < -0.4 is 5.32 Å². The van der Waals surface area contributed by atoms with Crippen LogP contribution in [0.15, 0.2) is 5.51 Å². The van der Waals surface area contributed by atoms with E-state index >= 15 is 0 Å². The van der Waals surface area contributed by atoms with E-state index < -0.39 is 0 Å². The Hall–Kier alpha value is -0.640. The minimum Gasteiger partial charge on any atom is -0.357 e. The van der Waals surface area contributed by atoms with Crippen LogP contribution in [0.4, 0.5) is 5.13 Å². The zero-order valence-electron chi connectivity index (χ0n) is 5.74. The zero-order valence-corrected chi connectivity index (χ0v) is 6.56. The third-order valence-electron chi connectivity index (χ3n) is 1.78. The molecular weight excluding hydrogens is 146 g/mol. The number of anilines is 1. The van der Waals surface area contributed by atoms with Crippen molar-refractivity contribution >= 4 is 16.5 Å². The predicted octanol–water partition coefficient (Wildman–Crippen LogP) is 1.36. The second-order valence-corrected chi connectivity index (χ2v) is 3.54. The van der Waals surface area contributed by atoms with Gasteiger partial charge < -0.3 is 5.32 Å². The monoisotopic (exact) mass is 155 g/mol. The summed E-state index contributed by atoms with van der Waals surface area (Å²) < 4.78 is 0. The van der Waals surface area contributed by atoms with Gasteiger partial charge in [-0.2, -0.15) is 0 Å². The molecule has 4 heteroatoms. The molecule has 0 aliphatic heterocycles. The summed E-state index contributed by atoms with van der Waals surface area (Å²) in [7, 11) is 0. The van der Waals surface area contributed by atoms with Gasteiger partial charge >= 0.3 is 0 Å². The quantitative estimate of drug-likeness (QED) is 0.700. The maximum Gasteiger partial charge on any atom is 0.205 e.